The Morgan fingerprint density at radius 1 is 1.07 bits per heavy atom. The normalized spacial score (nSPS) is 11.8. The summed E-state index contributed by atoms with van der Waals surface area (Å²) >= 11 is 1.64. The number of benzene rings is 2. The second-order valence-electron chi connectivity index (χ2n) is 6.70. The first-order valence-corrected chi connectivity index (χ1v) is 9.99. The Morgan fingerprint density at radius 3 is 2.61 bits per heavy atom. The fourth-order valence-corrected chi connectivity index (χ4v) is 3.99. The molecule has 0 amide bonds. The number of aryl methyl sites for hydroxylation is 2. The average molecular weight is 391 g/mol. The number of thiazole rings is 1. The van der Waals surface area contributed by atoms with E-state index in [0.29, 0.717) is 6.54 Å². The lowest BCUT2D eigenvalue weighted by Crippen LogP contribution is -2.16. The maximum Gasteiger partial charge on any atom is 0.190 e. The number of hydrogen-bond donors (Lipinski definition) is 0. The van der Waals surface area contributed by atoms with Gasteiger partial charge in [0.25, 0.3) is 0 Å². The zero-order valence-corrected chi connectivity index (χ0v) is 17.0. The molecule has 0 bridgehead atoms. The van der Waals surface area contributed by atoms with Gasteiger partial charge in [-0.1, -0.05) is 12.1 Å². The van der Waals surface area contributed by atoms with Gasteiger partial charge in [0.2, 0.25) is 0 Å². The van der Waals surface area contributed by atoms with Crippen molar-refractivity contribution in [2.45, 2.75) is 20.4 Å². The van der Waals surface area contributed by atoms with Gasteiger partial charge < -0.3 is 13.7 Å². The summed E-state index contributed by atoms with van der Waals surface area (Å²) in [4.78, 5) is 5.92. The molecule has 0 atom stereocenters. The zero-order chi connectivity index (χ0) is 19.5. The van der Waals surface area contributed by atoms with Gasteiger partial charge in [-0.2, -0.15) is 0 Å². The van der Waals surface area contributed by atoms with E-state index in [2.05, 4.69) is 54.1 Å². The molecule has 0 fully saturated rings. The topological polar surface area (TPSA) is 39.7 Å². The Morgan fingerprint density at radius 2 is 1.89 bits per heavy atom. The molecule has 5 heteroatoms. The van der Waals surface area contributed by atoms with Crippen LogP contribution in [0, 0.1) is 13.8 Å². The highest BCUT2D eigenvalue weighted by molar-refractivity contribution is 7.07. The third kappa shape index (κ3) is 3.80. The molecule has 0 saturated carbocycles. The van der Waals surface area contributed by atoms with Crippen molar-refractivity contribution in [3.8, 4) is 17.0 Å². The molecule has 0 unspecified atom stereocenters. The van der Waals surface area contributed by atoms with Crippen molar-refractivity contribution in [1.82, 2.24) is 4.57 Å². The molecule has 0 spiro atoms. The van der Waals surface area contributed by atoms with Gasteiger partial charge in [-0.25, -0.2) is 4.99 Å². The minimum atomic E-state index is 0.627. The number of rotatable bonds is 5. The number of aromatic nitrogens is 1. The van der Waals surface area contributed by atoms with Crippen molar-refractivity contribution in [3.05, 3.63) is 87.9 Å². The van der Waals surface area contributed by atoms with Crippen molar-refractivity contribution in [1.29, 1.82) is 0 Å². The summed E-state index contributed by atoms with van der Waals surface area (Å²) in [6, 6.07) is 18.4. The third-order valence-corrected chi connectivity index (χ3v) is 5.52. The van der Waals surface area contributed by atoms with Crippen molar-refractivity contribution < 1.29 is 9.15 Å². The molecule has 0 radical (unpaired) electrons. The van der Waals surface area contributed by atoms with E-state index in [1.54, 1.807) is 24.7 Å². The van der Waals surface area contributed by atoms with Crippen molar-refractivity contribution in [2.75, 3.05) is 7.11 Å². The summed E-state index contributed by atoms with van der Waals surface area (Å²) in [5, 5.41) is 2.15. The first-order valence-electron chi connectivity index (χ1n) is 9.11. The number of ether oxygens (including phenoxy) is 1. The predicted molar refractivity (Wildman–Crippen MR) is 113 cm³/mol. The van der Waals surface area contributed by atoms with Gasteiger partial charge in [-0.3, -0.25) is 0 Å². The molecule has 142 valence electrons. The standard InChI is InChI=1S/C23H22N2O2S/c1-16-6-7-17(2)21(13-16)24-23-25(14-20-5-4-12-27-20)22(15-28-23)18-8-10-19(26-3)11-9-18/h4-13,15H,14H2,1-3H3. The highest BCUT2D eigenvalue weighted by Gasteiger charge is 2.11. The number of nitrogens with zero attached hydrogens (tertiary/aromatic N) is 2. The Bertz CT molecular complexity index is 1140. The van der Waals surface area contributed by atoms with Crippen LogP contribution in [0.5, 0.6) is 5.75 Å². The van der Waals surface area contributed by atoms with Crippen LogP contribution in [-0.2, 0) is 6.54 Å². The summed E-state index contributed by atoms with van der Waals surface area (Å²) in [5.74, 6) is 1.74. The molecule has 0 saturated heterocycles. The van der Waals surface area contributed by atoms with Crippen LogP contribution in [0.15, 0.2) is 75.7 Å². The molecule has 28 heavy (non-hydrogen) atoms. The molecule has 0 aliphatic heterocycles. The Hall–Kier alpha value is -3.05. The Balaban J connectivity index is 1.85. The lowest BCUT2D eigenvalue weighted by molar-refractivity contribution is 0.415. The summed E-state index contributed by atoms with van der Waals surface area (Å²) in [5.41, 5.74) is 5.58. The van der Waals surface area contributed by atoms with Crippen LogP contribution in [0.25, 0.3) is 11.3 Å². The van der Waals surface area contributed by atoms with Crippen LogP contribution in [0.1, 0.15) is 16.9 Å². The van der Waals surface area contributed by atoms with Gasteiger partial charge in [0, 0.05) is 5.38 Å². The minimum absolute atomic E-state index is 0.627. The second kappa shape index (κ2) is 7.90. The van der Waals surface area contributed by atoms with Gasteiger partial charge in [-0.05, 0) is 73.0 Å². The van der Waals surface area contributed by atoms with E-state index in [1.165, 1.54) is 5.56 Å². The van der Waals surface area contributed by atoms with Crippen LogP contribution in [-0.4, -0.2) is 11.7 Å². The summed E-state index contributed by atoms with van der Waals surface area (Å²) in [6.07, 6.45) is 1.71. The molecule has 0 aliphatic carbocycles. The Labute approximate surface area is 168 Å². The average Bonchev–Trinajstić information content (AvgIpc) is 3.36. The second-order valence-corrected chi connectivity index (χ2v) is 7.54. The summed E-state index contributed by atoms with van der Waals surface area (Å²) in [6.45, 7) is 4.81. The Kier molecular flexibility index (Phi) is 5.17. The van der Waals surface area contributed by atoms with Crippen molar-refractivity contribution >= 4 is 17.0 Å². The van der Waals surface area contributed by atoms with E-state index in [1.807, 2.05) is 24.3 Å². The molecule has 2 heterocycles. The van der Waals surface area contributed by atoms with E-state index in [0.717, 1.165) is 38.8 Å². The smallest absolute Gasteiger partial charge is 0.190 e. The quantitative estimate of drug-likeness (QED) is 0.437. The molecule has 0 N–H and O–H groups in total. The van der Waals surface area contributed by atoms with Crippen LogP contribution < -0.4 is 9.54 Å². The third-order valence-electron chi connectivity index (χ3n) is 4.66. The summed E-state index contributed by atoms with van der Waals surface area (Å²) < 4.78 is 13.1. The molecular weight excluding hydrogens is 368 g/mol. The largest absolute Gasteiger partial charge is 0.497 e. The van der Waals surface area contributed by atoms with Gasteiger partial charge in [-0.15, -0.1) is 11.3 Å². The van der Waals surface area contributed by atoms with E-state index < -0.39 is 0 Å². The van der Waals surface area contributed by atoms with E-state index in [-0.39, 0.29) is 0 Å². The van der Waals surface area contributed by atoms with Gasteiger partial charge in [0.05, 0.1) is 31.3 Å². The maximum atomic E-state index is 5.60. The fraction of sp³-hybridized carbons (Fsp3) is 0.174. The highest BCUT2D eigenvalue weighted by Crippen LogP contribution is 2.25. The predicted octanol–water partition coefficient (Wildman–Crippen LogP) is 5.72. The van der Waals surface area contributed by atoms with Gasteiger partial charge in [0.15, 0.2) is 4.80 Å². The number of hydrogen-bond acceptors (Lipinski definition) is 4. The molecule has 4 rings (SSSR count). The van der Waals surface area contributed by atoms with E-state index in [9.17, 15) is 0 Å². The van der Waals surface area contributed by atoms with Crippen LogP contribution in [0.4, 0.5) is 5.69 Å². The molecule has 2 aromatic heterocycles. The monoisotopic (exact) mass is 390 g/mol. The van der Waals surface area contributed by atoms with Crippen LogP contribution in [0.3, 0.4) is 0 Å². The van der Waals surface area contributed by atoms with E-state index in [4.69, 9.17) is 14.1 Å². The van der Waals surface area contributed by atoms with Crippen molar-refractivity contribution in [2.24, 2.45) is 4.99 Å². The fourth-order valence-electron chi connectivity index (χ4n) is 3.07. The molecule has 4 nitrogen and oxygen atoms in total. The SMILES string of the molecule is COc1ccc(-c2csc(=Nc3cc(C)ccc3C)n2Cc2ccco2)cc1. The highest BCUT2D eigenvalue weighted by atomic mass is 32.1. The van der Waals surface area contributed by atoms with Gasteiger partial charge >= 0.3 is 0 Å². The first-order chi connectivity index (χ1) is 13.6. The first kappa shape index (κ1) is 18.3. The van der Waals surface area contributed by atoms with Crippen LogP contribution >= 0.6 is 11.3 Å². The van der Waals surface area contributed by atoms with Gasteiger partial charge in [0.1, 0.15) is 11.5 Å². The van der Waals surface area contributed by atoms with Crippen molar-refractivity contribution in [3.63, 3.8) is 0 Å². The molecule has 2 aromatic carbocycles. The number of methoxy groups -OCH3 is 1. The zero-order valence-electron chi connectivity index (χ0n) is 16.2. The summed E-state index contributed by atoms with van der Waals surface area (Å²) in [7, 11) is 1.68. The molecular formula is C23H22N2O2S. The minimum Gasteiger partial charge on any atom is -0.497 e. The number of furan rings is 1. The van der Waals surface area contributed by atoms with E-state index >= 15 is 0 Å². The maximum absolute atomic E-state index is 5.60. The lowest BCUT2D eigenvalue weighted by Gasteiger charge is -2.09. The van der Waals surface area contributed by atoms with Crippen LogP contribution in [0.2, 0.25) is 0 Å². The molecule has 0 aliphatic rings. The molecule has 4 aromatic rings. The lowest BCUT2D eigenvalue weighted by atomic mass is 10.1.